The number of carbonyl (C=O) groups is 3. The first-order chi connectivity index (χ1) is 13.8. The standard InChI is InChI=1S/C18H19N3O8S/c1-9-11-4-3-10(19)7-13(11)29-17(25)12(9)8-14(22)20-18(2,30(26,27)28)21-15(23)5-6-16(21)24/h3-4,7H,5-6,8,19H2,1-2H3,(H,20,22)(H,26,27,28). The van der Waals surface area contributed by atoms with Crippen LogP contribution in [0.15, 0.2) is 27.4 Å². The number of rotatable bonds is 5. The molecule has 4 N–H and O–H groups in total. The zero-order chi connectivity index (χ0) is 22.4. The molecule has 2 aromatic rings. The lowest BCUT2D eigenvalue weighted by molar-refractivity contribution is -0.144. The van der Waals surface area contributed by atoms with Crippen LogP contribution in [0.4, 0.5) is 5.69 Å². The van der Waals surface area contributed by atoms with Crippen molar-refractivity contribution in [2.45, 2.75) is 38.1 Å². The number of amides is 3. The number of hydrogen-bond acceptors (Lipinski definition) is 8. The maximum Gasteiger partial charge on any atom is 0.340 e. The number of aryl methyl sites for hydroxylation is 1. The zero-order valence-corrected chi connectivity index (χ0v) is 16.9. The van der Waals surface area contributed by atoms with Gasteiger partial charge in [0.05, 0.1) is 12.0 Å². The molecule has 160 valence electrons. The third kappa shape index (κ3) is 3.55. The Morgan fingerprint density at radius 1 is 1.27 bits per heavy atom. The summed E-state index contributed by atoms with van der Waals surface area (Å²) in [6.07, 6.45) is -1.12. The molecule has 0 saturated carbocycles. The van der Waals surface area contributed by atoms with E-state index in [0.29, 0.717) is 21.5 Å². The van der Waals surface area contributed by atoms with Gasteiger partial charge in [-0.05, 0) is 31.5 Å². The predicted octanol–water partition coefficient (Wildman–Crippen LogP) is 0.0528. The van der Waals surface area contributed by atoms with Crippen LogP contribution in [-0.2, 0) is 30.9 Å². The highest BCUT2D eigenvalue weighted by Gasteiger charge is 2.52. The molecule has 3 amide bonds. The SMILES string of the molecule is Cc1c(CC(=O)NC(C)(N2C(=O)CCC2=O)S(=O)(=O)O)c(=O)oc2cc(N)ccc12. The second-order valence-electron chi connectivity index (χ2n) is 7.05. The Morgan fingerprint density at radius 3 is 2.43 bits per heavy atom. The van der Waals surface area contributed by atoms with Gasteiger partial charge in [-0.25, -0.2) is 9.69 Å². The maximum absolute atomic E-state index is 12.6. The van der Waals surface area contributed by atoms with Gasteiger partial charge in [-0.15, -0.1) is 0 Å². The van der Waals surface area contributed by atoms with Gasteiger partial charge in [0.1, 0.15) is 5.58 Å². The van der Waals surface area contributed by atoms with Crippen LogP contribution in [-0.4, -0.2) is 40.6 Å². The summed E-state index contributed by atoms with van der Waals surface area (Å²) in [5.41, 5.74) is 5.79. The lowest BCUT2D eigenvalue weighted by atomic mass is 10.0. The molecular weight excluding hydrogens is 418 g/mol. The average molecular weight is 437 g/mol. The van der Waals surface area contributed by atoms with Crippen molar-refractivity contribution in [3.63, 3.8) is 0 Å². The van der Waals surface area contributed by atoms with E-state index in [1.54, 1.807) is 19.1 Å². The van der Waals surface area contributed by atoms with Crippen LogP contribution in [0.5, 0.6) is 0 Å². The number of nitrogens with two attached hydrogens (primary N) is 1. The molecule has 2 heterocycles. The van der Waals surface area contributed by atoms with Crippen molar-refractivity contribution in [2.24, 2.45) is 0 Å². The number of likely N-dealkylation sites (tertiary alicyclic amines) is 1. The van der Waals surface area contributed by atoms with Crippen LogP contribution in [0.3, 0.4) is 0 Å². The molecular formula is C18H19N3O8S. The third-order valence-corrected chi connectivity index (χ3v) is 6.29. The molecule has 1 saturated heterocycles. The highest BCUT2D eigenvalue weighted by atomic mass is 32.2. The summed E-state index contributed by atoms with van der Waals surface area (Å²) < 4.78 is 38.8. The van der Waals surface area contributed by atoms with Crippen LogP contribution in [0.1, 0.15) is 30.9 Å². The molecule has 1 aromatic carbocycles. The van der Waals surface area contributed by atoms with Crippen molar-refractivity contribution in [3.05, 3.63) is 39.7 Å². The number of fused-ring (bicyclic) bond motifs is 1. The highest BCUT2D eigenvalue weighted by molar-refractivity contribution is 7.87. The van der Waals surface area contributed by atoms with Gasteiger partial charge in [0, 0.05) is 30.0 Å². The maximum atomic E-state index is 12.6. The number of benzene rings is 1. The smallest absolute Gasteiger partial charge is 0.340 e. The number of nitrogen functional groups attached to an aromatic ring is 1. The summed E-state index contributed by atoms with van der Waals surface area (Å²) in [7, 11) is -5.12. The summed E-state index contributed by atoms with van der Waals surface area (Å²) >= 11 is 0. The number of carbonyl (C=O) groups excluding carboxylic acids is 3. The Morgan fingerprint density at radius 2 is 1.87 bits per heavy atom. The van der Waals surface area contributed by atoms with Gasteiger partial charge >= 0.3 is 15.7 Å². The van der Waals surface area contributed by atoms with Gasteiger partial charge in [-0.2, -0.15) is 8.42 Å². The van der Waals surface area contributed by atoms with E-state index in [2.05, 4.69) is 0 Å². The van der Waals surface area contributed by atoms with E-state index in [4.69, 9.17) is 10.2 Å². The van der Waals surface area contributed by atoms with Crippen molar-refractivity contribution >= 4 is 44.5 Å². The predicted molar refractivity (Wildman–Crippen MR) is 105 cm³/mol. The van der Waals surface area contributed by atoms with Gasteiger partial charge < -0.3 is 15.5 Å². The van der Waals surface area contributed by atoms with Gasteiger partial charge in [-0.3, -0.25) is 18.9 Å². The Kier molecular flexibility index (Phi) is 5.16. The second-order valence-corrected chi connectivity index (χ2v) is 8.80. The van der Waals surface area contributed by atoms with Crippen molar-refractivity contribution < 1.29 is 31.8 Å². The topological polar surface area (TPSA) is 177 Å². The van der Waals surface area contributed by atoms with E-state index in [0.717, 1.165) is 6.92 Å². The van der Waals surface area contributed by atoms with Gasteiger partial charge in [0.25, 0.3) is 0 Å². The number of anilines is 1. The van der Waals surface area contributed by atoms with Crippen LogP contribution < -0.4 is 16.7 Å². The molecule has 30 heavy (non-hydrogen) atoms. The average Bonchev–Trinajstić information content (AvgIpc) is 2.96. The molecule has 11 nitrogen and oxygen atoms in total. The van der Waals surface area contributed by atoms with Gasteiger partial charge in [0.2, 0.25) is 22.7 Å². The molecule has 0 bridgehead atoms. The fourth-order valence-corrected chi connectivity index (χ4v) is 4.04. The first-order valence-corrected chi connectivity index (χ1v) is 10.2. The quantitative estimate of drug-likeness (QED) is 0.252. The summed E-state index contributed by atoms with van der Waals surface area (Å²) in [6, 6.07) is 4.64. The molecule has 3 rings (SSSR count). The van der Waals surface area contributed by atoms with Crippen LogP contribution in [0.2, 0.25) is 0 Å². The molecule has 1 unspecified atom stereocenters. The Labute approximate surface area is 170 Å². The van der Waals surface area contributed by atoms with Gasteiger partial charge in [-0.1, -0.05) is 0 Å². The number of imide groups is 1. The molecule has 0 radical (unpaired) electrons. The molecule has 1 aliphatic heterocycles. The fraction of sp³-hybridized carbons (Fsp3) is 0.333. The third-order valence-electron chi connectivity index (χ3n) is 5.00. The minimum Gasteiger partial charge on any atom is -0.422 e. The van der Waals surface area contributed by atoms with Crippen LogP contribution in [0, 0.1) is 6.92 Å². The van der Waals surface area contributed by atoms with Crippen LogP contribution >= 0.6 is 0 Å². The van der Waals surface area contributed by atoms with E-state index in [-0.39, 0.29) is 24.0 Å². The van der Waals surface area contributed by atoms with E-state index < -0.39 is 44.9 Å². The first-order valence-electron chi connectivity index (χ1n) is 8.81. The van der Waals surface area contributed by atoms with Crippen molar-refractivity contribution in [1.82, 2.24) is 10.2 Å². The van der Waals surface area contributed by atoms with Crippen LogP contribution in [0.25, 0.3) is 11.0 Å². The summed E-state index contributed by atoms with van der Waals surface area (Å²) in [5, 5.41) is 2.53. The lowest BCUT2D eigenvalue weighted by Crippen LogP contribution is -2.65. The monoisotopic (exact) mass is 437 g/mol. The van der Waals surface area contributed by atoms with Gasteiger partial charge in [0.15, 0.2) is 0 Å². The molecule has 1 aliphatic rings. The van der Waals surface area contributed by atoms with Crippen molar-refractivity contribution in [1.29, 1.82) is 0 Å². The van der Waals surface area contributed by atoms with E-state index >= 15 is 0 Å². The number of hydrogen-bond donors (Lipinski definition) is 3. The highest BCUT2D eigenvalue weighted by Crippen LogP contribution is 2.27. The summed E-state index contributed by atoms with van der Waals surface area (Å²) in [5.74, 6) is -2.74. The molecule has 1 atom stereocenters. The number of nitrogens with one attached hydrogen (secondary N) is 1. The lowest BCUT2D eigenvalue weighted by Gasteiger charge is -2.34. The number of nitrogens with zero attached hydrogens (tertiary/aromatic N) is 1. The Bertz CT molecular complexity index is 1230. The zero-order valence-electron chi connectivity index (χ0n) is 16.1. The summed E-state index contributed by atoms with van der Waals surface area (Å²) in [4.78, 5) is 46.5. The molecule has 1 fully saturated rings. The Hall–Kier alpha value is -3.25. The minimum absolute atomic E-state index is 0.0541. The first kappa shape index (κ1) is 21.5. The normalized spacial score (nSPS) is 16.7. The van der Waals surface area contributed by atoms with Crippen molar-refractivity contribution in [3.8, 4) is 0 Å². The second kappa shape index (κ2) is 7.22. The largest absolute Gasteiger partial charge is 0.422 e. The minimum atomic E-state index is -5.12. The molecule has 1 aromatic heterocycles. The van der Waals surface area contributed by atoms with E-state index in [1.807, 2.05) is 5.32 Å². The molecule has 0 aliphatic carbocycles. The molecule has 0 spiro atoms. The van der Waals surface area contributed by atoms with E-state index in [1.165, 1.54) is 6.07 Å². The van der Waals surface area contributed by atoms with Crippen molar-refractivity contribution in [2.75, 3.05) is 5.73 Å². The molecule has 12 heteroatoms. The summed E-state index contributed by atoms with van der Waals surface area (Å²) in [6.45, 7) is 2.40. The van der Waals surface area contributed by atoms with E-state index in [9.17, 15) is 32.1 Å². The fourth-order valence-electron chi connectivity index (χ4n) is 3.37. The Balaban J connectivity index is 1.97.